The number of H-pyrrole nitrogens is 1. The number of carbonyl (C=O) groups excluding carboxylic acids is 1. The van der Waals surface area contributed by atoms with Gasteiger partial charge < -0.3 is 15.4 Å². The molecule has 3 N–H and O–H groups in total. The maximum absolute atomic E-state index is 13.3. The van der Waals surface area contributed by atoms with Gasteiger partial charge >= 0.3 is 0 Å². The van der Waals surface area contributed by atoms with Gasteiger partial charge in [-0.3, -0.25) is 9.59 Å². The van der Waals surface area contributed by atoms with Crippen molar-refractivity contribution >= 4 is 16.8 Å². The molecular weight excluding hydrogens is 299 g/mol. The summed E-state index contributed by atoms with van der Waals surface area (Å²) in [6.45, 7) is 0.154. The minimum atomic E-state index is -0.878. The molecule has 1 aromatic carbocycles. The molecule has 0 saturated heterocycles. The lowest BCUT2D eigenvalue weighted by atomic mass is 9.85. The molecule has 5 nitrogen and oxygen atoms in total. The van der Waals surface area contributed by atoms with Crippen molar-refractivity contribution in [1.29, 1.82) is 0 Å². The smallest absolute Gasteiger partial charge is 0.252 e. The zero-order chi connectivity index (χ0) is 16.4. The Bertz CT molecular complexity index is 794. The van der Waals surface area contributed by atoms with Gasteiger partial charge in [0.05, 0.1) is 16.7 Å². The zero-order valence-corrected chi connectivity index (χ0v) is 12.7. The number of halogens is 1. The highest BCUT2D eigenvalue weighted by Crippen LogP contribution is 2.27. The molecule has 122 valence electrons. The van der Waals surface area contributed by atoms with E-state index in [4.69, 9.17) is 0 Å². The number of carbonyl (C=O) groups is 1. The second kappa shape index (κ2) is 6.12. The molecule has 0 bridgehead atoms. The summed E-state index contributed by atoms with van der Waals surface area (Å²) < 4.78 is 13.3. The molecule has 0 spiro atoms. The van der Waals surface area contributed by atoms with Crippen LogP contribution in [0.4, 0.5) is 4.39 Å². The molecule has 6 heteroatoms. The summed E-state index contributed by atoms with van der Waals surface area (Å²) in [6.07, 6.45) is 4.31. The zero-order valence-electron chi connectivity index (χ0n) is 12.7. The fourth-order valence-corrected chi connectivity index (χ4v) is 3.15. The number of rotatable bonds is 3. The van der Waals surface area contributed by atoms with Gasteiger partial charge in [-0.2, -0.15) is 0 Å². The third-order valence-corrected chi connectivity index (χ3v) is 4.41. The number of fused-ring (bicyclic) bond motifs is 1. The van der Waals surface area contributed by atoms with Gasteiger partial charge in [0, 0.05) is 18.0 Å². The van der Waals surface area contributed by atoms with Crippen molar-refractivity contribution < 1.29 is 14.3 Å². The first-order valence-corrected chi connectivity index (χ1v) is 7.80. The molecule has 0 aliphatic heterocycles. The third kappa shape index (κ3) is 3.42. The average Bonchev–Trinajstić information content (AvgIpc) is 2.52. The van der Waals surface area contributed by atoms with Gasteiger partial charge in [0.15, 0.2) is 0 Å². The van der Waals surface area contributed by atoms with Gasteiger partial charge in [-0.15, -0.1) is 0 Å². The van der Waals surface area contributed by atoms with Gasteiger partial charge in [-0.25, -0.2) is 4.39 Å². The first-order valence-electron chi connectivity index (χ1n) is 7.80. The number of aliphatic hydroxyl groups is 1. The Balaban J connectivity index is 1.84. The van der Waals surface area contributed by atoms with Crippen LogP contribution in [0.25, 0.3) is 10.9 Å². The fraction of sp³-hybridized carbons (Fsp3) is 0.412. The molecular formula is C17H19FN2O3. The quantitative estimate of drug-likeness (QED) is 0.810. The number of pyridine rings is 1. The van der Waals surface area contributed by atoms with Crippen molar-refractivity contribution in [2.75, 3.05) is 6.54 Å². The second-order valence-electron chi connectivity index (χ2n) is 6.20. The molecule has 1 aliphatic carbocycles. The van der Waals surface area contributed by atoms with Crippen LogP contribution in [-0.4, -0.2) is 28.1 Å². The van der Waals surface area contributed by atoms with Gasteiger partial charge in [0.1, 0.15) is 5.82 Å². The van der Waals surface area contributed by atoms with Crippen LogP contribution in [0.15, 0.2) is 29.1 Å². The van der Waals surface area contributed by atoms with Crippen LogP contribution in [0.5, 0.6) is 0 Å². The second-order valence-corrected chi connectivity index (χ2v) is 6.20. The Kier molecular flexibility index (Phi) is 4.17. The third-order valence-electron chi connectivity index (χ3n) is 4.41. The van der Waals surface area contributed by atoms with Crippen LogP contribution in [-0.2, 0) is 0 Å². The molecule has 1 aliphatic rings. The van der Waals surface area contributed by atoms with E-state index in [0.29, 0.717) is 18.2 Å². The predicted octanol–water partition coefficient (Wildman–Crippen LogP) is 2.09. The van der Waals surface area contributed by atoms with Crippen molar-refractivity contribution in [3.63, 3.8) is 0 Å². The van der Waals surface area contributed by atoms with E-state index in [1.165, 1.54) is 24.3 Å². The first-order chi connectivity index (χ1) is 11.0. The van der Waals surface area contributed by atoms with E-state index in [1.54, 1.807) is 0 Å². The van der Waals surface area contributed by atoms with Crippen LogP contribution >= 0.6 is 0 Å². The number of benzene rings is 1. The fourth-order valence-electron chi connectivity index (χ4n) is 3.15. The molecule has 3 rings (SSSR count). The summed E-state index contributed by atoms with van der Waals surface area (Å²) in [5.74, 6) is -0.922. The van der Waals surface area contributed by atoms with E-state index < -0.39 is 22.9 Å². The van der Waals surface area contributed by atoms with Gasteiger partial charge in [0.2, 0.25) is 5.56 Å². The number of aromatic nitrogens is 1. The number of aromatic amines is 1. The normalized spacial score (nSPS) is 17.1. The first kappa shape index (κ1) is 15.7. The summed E-state index contributed by atoms with van der Waals surface area (Å²) in [5, 5.41) is 13.6. The molecule has 1 heterocycles. The summed E-state index contributed by atoms with van der Waals surface area (Å²) in [5.41, 5.74) is -0.886. The molecule has 0 radical (unpaired) electrons. The summed E-state index contributed by atoms with van der Waals surface area (Å²) in [6, 6.07) is 5.08. The van der Waals surface area contributed by atoms with Crippen molar-refractivity contribution in [1.82, 2.24) is 10.3 Å². The lowest BCUT2D eigenvalue weighted by Crippen LogP contribution is -2.44. The molecule has 2 aromatic rings. The number of hydrogen-bond acceptors (Lipinski definition) is 3. The molecule has 1 fully saturated rings. The molecule has 0 atom stereocenters. The largest absolute Gasteiger partial charge is 0.388 e. The minimum absolute atomic E-state index is 0.154. The van der Waals surface area contributed by atoms with Gasteiger partial charge in [-0.05, 0) is 31.0 Å². The highest BCUT2D eigenvalue weighted by atomic mass is 19.1. The number of hydrogen-bond donors (Lipinski definition) is 3. The van der Waals surface area contributed by atoms with E-state index in [1.807, 2.05) is 0 Å². The highest BCUT2D eigenvalue weighted by molar-refractivity contribution is 6.05. The van der Waals surface area contributed by atoms with E-state index >= 15 is 0 Å². The Hall–Kier alpha value is -2.21. The van der Waals surface area contributed by atoms with E-state index in [0.717, 1.165) is 19.3 Å². The summed E-state index contributed by atoms with van der Waals surface area (Å²) >= 11 is 0. The molecule has 0 unspecified atom stereocenters. The van der Waals surface area contributed by atoms with Crippen LogP contribution in [0.2, 0.25) is 0 Å². The Morgan fingerprint density at radius 3 is 2.74 bits per heavy atom. The molecule has 1 amide bonds. The van der Waals surface area contributed by atoms with Gasteiger partial charge in [-0.1, -0.05) is 19.3 Å². The molecule has 23 heavy (non-hydrogen) atoms. The van der Waals surface area contributed by atoms with Crippen LogP contribution in [0.1, 0.15) is 42.5 Å². The van der Waals surface area contributed by atoms with Gasteiger partial charge in [0.25, 0.3) is 5.91 Å². The van der Waals surface area contributed by atoms with Crippen LogP contribution in [0, 0.1) is 5.82 Å². The van der Waals surface area contributed by atoms with E-state index in [-0.39, 0.29) is 17.6 Å². The van der Waals surface area contributed by atoms with E-state index in [2.05, 4.69) is 10.3 Å². The van der Waals surface area contributed by atoms with E-state index in [9.17, 15) is 19.1 Å². The van der Waals surface area contributed by atoms with Crippen molar-refractivity contribution in [3.8, 4) is 0 Å². The SMILES string of the molecule is O=C(NCC1(O)CCCCC1)c1cc(=O)[nH]c2cc(F)ccc12. The number of amides is 1. The maximum Gasteiger partial charge on any atom is 0.252 e. The lowest BCUT2D eigenvalue weighted by Gasteiger charge is -2.32. The van der Waals surface area contributed by atoms with Crippen LogP contribution < -0.4 is 10.9 Å². The maximum atomic E-state index is 13.3. The van der Waals surface area contributed by atoms with Crippen LogP contribution in [0.3, 0.4) is 0 Å². The topological polar surface area (TPSA) is 82.2 Å². The Labute approximate surface area is 132 Å². The number of nitrogens with one attached hydrogen (secondary N) is 2. The monoisotopic (exact) mass is 318 g/mol. The highest BCUT2D eigenvalue weighted by Gasteiger charge is 2.29. The summed E-state index contributed by atoms with van der Waals surface area (Å²) in [4.78, 5) is 26.6. The minimum Gasteiger partial charge on any atom is -0.388 e. The standard InChI is InChI=1S/C17H19FN2O3/c18-11-4-5-12-13(9-15(21)20-14(12)8-11)16(22)19-10-17(23)6-2-1-3-7-17/h4-5,8-9,23H,1-3,6-7,10H2,(H,19,22)(H,20,21). The predicted molar refractivity (Wildman–Crippen MR) is 84.9 cm³/mol. The van der Waals surface area contributed by atoms with Crippen molar-refractivity contribution in [3.05, 3.63) is 46.0 Å². The Morgan fingerprint density at radius 2 is 2.00 bits per heavy atom. The summed E-state index contributed by atoms with van der Waals surface area (Å²) in [7, 11) is 0. The van der Waals surface area contributed by atoms with Crippen molar-refractivity contribution in [2.45, 2.75) is 37.7 Å². The van der Waals surface area contributed by atoms with Crippen molar-refractivity contribution in [2.24, 2.45) is 0 Å². The molecule has 1 saturated carbocycles. The lowest BCUT2D eigenvalue weighted by molar-refractivity contribution is 0.00527. The Morgan fingerprint density at radius 1 is 1.26 bits per heavy atom. The average molecular weight is 318 g/mol. The molecule has 1 aromatic heterocycles.